The molecule has 1 amide bonds. The number of hydrogen-bond donors (Lipinski definition) is 0. The van der Waals surface area contributed by atoms with Gasteiger partial charge in [-0.15, -0.1) is 10.2 Å². The van der Waals surface area contributed by atoms with E-state index in [4.69, 9.17) is 4.74 Å². The van der Waals surface area contributed by atoms with Crippen LogP contribution < -0.4 is 9.64 Å². The monoisotopic (exact) mass is 608 g/mol. The number of nitrogens with zero attached hydrogens (tertiary/aromatic N) is 6. The minimum Gasteiger partial charge on any atom is -0.492 e. The van der Waals surface area contributed by atoms with E-state index in [-0.39, 0.29) is 5.91 Å². The number of anilines is 1. The number of pyridine rings is 1. The summed E-state index contributed by atoms with van der Waals surface area (Å²) in [7, 11) is 1.96. The molecule has 45 heavy (non-hydrogen) atoms. The second-order valence-electron chi connectivity index (χ2n) is 14.3. The van der Waals surface area contributed by atoms with Crippen molar-refractivity contribution in [2.45, 2.75) is 65.3 Å². The smallest absolute Gasteiger partial charge is 0.274 e. The molecular weight excluding hydrogens is 560 g/mol. The molecule has 8 nitrogen and oxygen atoms in total. The van der Waals surface area contributed by atoms with Crippen LogP contribution in [0.5, 0.6) is 5.75 Å². The lowest BCUT2D eigenvalue weighted by Crippen LogP contribution is -2.51. The molecule has 8 rings (SSSR count). The molecule has 2 aromatic heterocycles. The Morgan fingerprint density at radius 3 is 2.27 bits per heavy atom. The standard InChI is InChI=1S/C37H48N6O2/c1-4-29-17-30(32-18-33(45-5-2)23-38-22-32)6-7-31(29)24-42-10-12-43(13-11-42)35-9-8-34(39-40-35)36(44)41(3)25-37-19-26-14-27(20-37)16-28(15-26)21-37/h6-9,17-18,22-23,26-28H,4-5,10-16,19-21,24-25H2,1-3H3. The third-order valence-corrected chi connectivity index (χ3v) is 11.0. The Morgan fingerprint density at radius 1 is 0.889 bits per heavy atom. The fourth-order valence-corrected chi connectivity index (χ4v) is 9.35. The molecule has 8 heteroatoms. The van der Waals surface area contributed by atoms with E-state index >= 15 is 0 Å². The van der Waals surface area contributed by atoms with Crippen LogP contribution in [0.25, 0.3) is 11.1 Å². The van der Waals surface area contributed by atoms with Crippen LogP contribution in [-0.2, 0) is 13.0 Å². The zero-order valence-corrected chi connectivity index (χ0v) is 27.3. The van der Waals surface area contributed by atoms with Crippen molar-refractivity contribution in [1.82, 2.24) is 25.0 Å². The van der Waals surface area contributed by atoms with Crippen LogP contribution in [0.2, 0.25) is 0 Å². The fraction of sp³-hybridized carbons (Fsp3) is 0.568. The number of ether oxygens (including phenoxy) is 1. The maximum absolute atomic E-state index is 13.4. The van der Waals surface area contributed by atoms with Crippen molar-refractivity contribution in [2.75, 3.05) is 51.3 Å². The fourth-order valence-electron chi connectivity index (χ4n) is 9.35. The number of hydrogen-bond acceptors (Lipinski definition) is 7. The average Bonchev–Trinajstić information content (AvgIpc) is 3.04. The third kappa shape index (κ3) is 6.44. The minimum atomic E-state index is 0.00521. The normalized spacial score (nSPS) is 25.8. The van der Waals surface area contributed by atoms with Gasteiger partial charge in [-0.2, -0.15) is 0 Å². The number of aryl methyl sites for hydroxylation is 1. The molecule has 0 N–H and O–H groups in total. The van der Waals surface area contributed by atoms with Crippen LogP contribution in [0.3, 0.4) is 0 Å². The summed E-state index contributed by atoms with van der Waals surface area (Å²) < 4.78 is 5.66. The van der Waals surface area contributed by atoms with Crippen LogP contribution in [0, 0.1) is 23.2 Å². The summed E-state index contributed by atoms with van der Waals surface area (Å²) in [5, 5.41) is 8.94. The van der Waals surface area contributed by atoms with Gasteiger partial charge in [-0.25, -0.2) is 0 Å². The van der Waals surface area contributed by atoms with Gasteiger partial charge in [0.05, 0.1) is 12.8 Å². The van der Waals surface area contributed by atoms with Gasteiger partial charge in [-0.1, -0.05) is 25.1 Å². The van der Waals surface area contributed by atoms with Crippen molar-refractivity contribution < 1.29 is 9.53 Å². The van der Waals surface area contributed by atoms with Gasteiger partial charge in [0.2, 0.25) is 0 Å². The highest BCUT2D eigenvalue weighted by Gasteiger charge is 2.51. The molecule has 3 aromatic rings. The first-order valence-corrected chi connectivity index (χ1v) is 17.2. The molecule has 5 aliphatic rings. The maximum Gasteiger partial charge on any atom is 0.274 e. The molecule has 4 aliphatic carbocycles. The van der Waals surface area contributed by atoms with Gasteiger partial charge in [0.25, 0.3) is 5.91 Å². The number of aromatic nitrogens is 3. The Kier molecular flexibility index (Phi) is 8.51. The number of amides is 1. The van der Waals surface area contributed by atoms with Crippen molar-refractivity contribution in [3.05, 3.63) is 65.6 Å². The lowest BCUT2D eigenvalue weighted by Gasteiger charge is -2.57. The lowest BCUT2D eigenvalue weighted by atomic mass is 9.49. The summed E-state index contributed by atoms with van der Waals surface area (Å²) in [4.78, 5) is 24.5. The second kappa shape index (κ2) is 12.7. The van der Waals surface area contributed by atoms with Crippen molar-refractivity contribution in [1.29, 1.82) is 0 Å². The molecular formula is C37H48N6O2. The van der Waals surface area contributed by atoms with Crippen LogP contribution in [0.15, 0.2) is 48.8 Å². The molecule has 4 bridgehead atoms. The highest BCUT2D eigenvalue weighted by molar-refractivity contribution is 5.92. The Balaban J connectivity index is 0.929. The molecule has 238 valence electrons. The quantitative estimate of drug-likeness (QED) is 0.275. The Labute approximate surface area is 268 Å². The van der Waals surface area contributed by atoms with E-state index < -0.39 is 0 Å². The van der Waals surface area contributed by atoms with Gasteiger partial charge in [0.1, 0.15) is 5.75 Å². The van der Waals surface area contributed by atoms with Crippen LogP contribution in [0.1, 0.15) is 74.0 Å². The second-order valence-corrected chi connectivity index (χ2v) is 14.3. The highest BCUT2D eigenvalue weighted by Crippen LogP contribution is 2.60. The summed E-state index contributed by atoms with van der Waals surface area (Å²) in [6, 6.07) is 12.7. The first-order chi connectivity index (χ1) is 21.9. The molecule has 4 saturated carbocycles. The zero-order chi connectivity index (χ0) is 31.0. The van der Waals surface area contributed by atoms with Gasteiger partial charge >= 0.3 is 0 Å². The Morgan fingerprint density at radius 2 is 1.62 bits per heavy atom. The number of piperazine rings is 1. The molecule has 1 saturated heterocycles. The lowest BCUT2D eigenvalue weighted by molar-refractivity contribution is -0.0629. The molecule has 1 aromatic carbocycles. The molecule has 0 unspecified atom stereocenters. The summed E-state index contributed by atoms with van der Waals surface area (Å²) >= 11 is 0. The van der Waals surface area contributed by atoms with Crippen molar-refractivity contribution in [3.63, 3.8) is 0 Å². The van der Waals surface area contributed by atoms with Gasteiger partial charge in [-0.3, -0.25) is 14.7 Å². The largest absolute Gasteiger partial charge is 0.492 e. The summed E-state index contributed by atoms with van der Waals surface area (Å²) in [5.41, 5.74) is 5.80. The van der Waals surface area contributed by atoms with E-state index in [1.54, 1.807) is 6.20 Å². The van der Waals surface area contributed by atoms with Crippen molar-refractivity contribution in [2.24, 2.45) is 23.2 Å². The minimum absolute atomic E-state index is 0.00521. The molecule has 3 heterocycles. The Hall–Kier alpha value is -3.52. The van der Waals surface area contributed by atoms with Gasteiger partial charge < -0.3 is 14.5 Å². The van der Waals surface area contributed by atoms with Crippen molar-refractivity contribution >= 4 is 11.7 Å². The first kappa shape index (κ1) is 30.2. The zero-order valence-electron chi connectivity index (χ0n) is 27.3. The SMILES string of the molecule is CCOc1cncc(-c2ccc(CN3CCN(c4ccc(C(=O)N(C)CC56CC7CC(CC(C7)C5)C6)nn4)CC3)c(CC)c2)c1. The Bertz CT molecular complexity index is 1460. The maximum atomic E-state index is 13.4. The van der Waals surface area contributed by atoms with E-state index in [2.05, 4.69) is 56.2 Å². The van der Waals surface area contributed by atoms with Crippen molar-refractivity contribution in [3.8, 4) is 16.9 Å². The molecule has 5 fully saturated rings. The van der Waals surface area contributed by atoms with Crippen LogP contribution in [-0.4, -0.2) is 77.3 Å². The highest BCUT2D eigenvalue weighted by atomic mass is 16.5. The molecule has 0 spiro atoms. The third-order valence-electron chi connectivity index (χ3n) is 11.0. The summed E-state index contributed by atoms with van der Waals surface area (Å²) in [6.07, 6.45) is 12.8. The predicted octanol–water partition coefficient (Wildman–Crippen LogP) is 6.11. The number of carbonyl (C=O) groups is 1. The summed E-state index contributed by atoms with van der Waals surface area (Å²) in [6.45, 7) is 10.3. The number of benzene rings is 1. The van der Waals surface area contributed by atoms with E-state index in [1.807, 2.05) is 37.2 Å². The molecule has 0 radical (unpaired) electrons. The van der Waals surface area contributed by atoms with Crippen LogP contribution in [0.4, 0.5) is 5.82 Å². The summed E-state index contributed by atoms with van der Waals surface area (Å²) in [5.74, 6) is 4.34. The van der Waals surface area contributed by atoms with E-state index in [0.717, 1.165) is 80.6 Å². The number of carbonyl (C=O) groups excluding carboxylic acids is 1. The average molecular weight is 609 g/mol. The van der Waals surface area contributed by atoms with E-state index in [9.17, 15) is 4.79 Å². The van der Waals surface area contributed by atoms with E-state index in [1.165, 1.54) is 55.2 Å². The molecule has 1 aliphatic heterocycles. The topological polar surface area (TPSA) is 74.7 Å². The predicted molar refractivity (Wildman–Crippen MR) is 177 cm³/mol. The van der Waals surface area contributed by atoms with Gasteiger partial charge in [0, 0.05) is 58.1 Å². The van der Waals surface area contributed by atoms with Gasteiger partial charge in [-0.05, 0) is 110 Å². The van der Waals surface area contributed by atoms with Gasteiger partial charge in [0.15, 0.2) is 11.5 Å². The molecule has 0 atom stereocenters. The first-order valence-electron chi connectivity index (χ1n) is 17.2. The van der Waals surface area contributed by atoms with Crippen LogP contribution >= 0.6 is 0 Å². The number of rotatable bonds is 10. The van der Waals surface area contributed by atoms with E-state index in [0.29, 0.717) is 17.7 Å².